The van der Waals surface area contributed by atoms with Crippen LogP contribution in [0.25, 0.3) is 10.9 Å². The zero-order valence-electron chi connectivity index (χ0n) is 12.8. The molecule has 0 bridgehead atoms. The molecule has 0 aliphatic heterocycles. The van der Waals surface area contributed by atoms with Crippen LogP contribution in [0.1, 0.15) is 16.1 Å². The standard InChI is InChI=1S/C18H15N5O/c24-17(16-10-14-8-4-5-9-15(14)20-16)21-18-19-12-23(22-18)11-13-6-2-1-3-7-13/h1-10,12,20H,11H2,(H,21,22,24). The normalized spacial score (nSPS) is 10.8. The lowest BCUT2D eigenvalue weighted by Crippen LogP contribution is -2.13. The van der Waals surface area contributed by atoms with Gasteiger partial charge in [0.15, 0.2) is 0 Å². The number of carbonyl (C=O) groups is 1. The molecule has 4 rings (SSSR count). The third-order valence-corrected chi connectivity index (χ3v) is 3.72. The van der Waals surface area contributed by atoms with Crippen molar-refractivity contribution in [2.45, 2.75) is 6.54 Å². The summed E-state index contributed by atoms with van der Waals surface area (Å²) < 4.78 is 1.69. The van der Waals surface area contributed by atoms with Crippen LogP contribution in [0, 0.1) is 0 Å². The average molecular weight is 317 g/mol. The number of fused-ring (bicyclic) bond motifs is 1. The summed E-state index contributed by atoms with van der Waals surface area (Å²) in [7, 11) is 0. The molecule has 0 unspecified atom stereocenters. The molecule has 6 nitrogen and oxygen atoms in total. The van der Waals surface area contributed by atoms with Gasteiger partial charge in [0.05, 0.1) is 6.54 Å². The van der Waals surface area contributed by atoms with Crippen molar-refractivity contribution in [1.82, 2.24) is 19.7 Å². The summed E-state index contributed by atoms with van der Waals surface area (Å²) in [5.41, 5.74) is 2.52. The predicted octanol–water partition coefficient (Wildman–Crippen LogP) is 3.06. The quantitative estimate of drug-likeness (QED) is 0.607. The molecule has 24 heavy (non-hydrogen) atoms. The van der Waals surface area contributed by atoms with Crippen LogP contribution in [0.4, 0.5) is 5.95 Å². The van der Waals surface area contributed by atoms with Gasteiger partial charge in [-0.1, -0.05) is 48.5 Å². The SMILES string of the molecule is O=C(Nc1ncn(Cc2ccccc2)n1)c1cc2ccccc2[nH]1. The maximum atomic E-state index is 12.3. The van der Waals surface area contributed by atoms with Crippen LogP contribution < -0.4 is 5.32 Å². The molecule has 0 saturated carbocycles. The maximum absolute atomic E-state index is 12.3. The Bertz CT molecular complexity index is 954. The number of amides is 1. The van der Waals surface area contributed by atoms with E-state index in [1.165, 1.54) is 0 Å². The lowest BCUT2D eigenvalue weighted by Gasteiger charge is -2.00. The summed E-state index contributed by atoms with van der Waals surface area (Å²) in [4.78, 5) is 19.5. The van der Waals surface area contributed by atoms with Crippen LogP contribution in [0.3, 0.4) is 0 Å². The van der Waals surface area contributed by atoms with Gasteiger partial charge in [-0.3, -0.25) is 10.1 Å². The number of anilines is 1. The summed E-state index contributed by atoms with van der Waals surface area (Å²) in [5, 5.41) is 7.99. The Hall–Kier alpha value is -3.41. The minimum Gasteiger partial charge on any atom is -0.351 e. The van der Waals surface area contributed by atoms with Crippen molar-refractivity contribution in [3.05, 3.63) is 78.2 Å². The van der Waals surface area contributed by atoms with Crippen molar-refractivity contribution in [3.8, 4) is 0 Å². The number of aromatic nitrogens is 4. The van der Waals surface area contributed by atoms with Gasteiger partial charge in [-0.05, 0) is 17.7 Å². The molecule has 2 aromatic carbocycles. The summed E-state index contributed by atoms with van der Waals surface area (Å²) >= 11 is 0. The van der Waals surface area contributed by atoms with Gasteiger partial charge in [-0.25, -0.2) is 9.67 Å². The minimum atomic E-state index is -0.260. The maximum Gasteiger partial charge on any atom is 0.274 e. The fourth-order valence-corrected chi connectivity index (χ4v) is 2.56. The van der Waals surface area contributed by atoms with Crippen LogP contribution in [-0.2, 0) is 6.54 Å². The third-order valence-electron chi connectivity index (χ3n) is 3.72. The number of para-hydroxylation sites is 1. The van der Waals surface area contributed by atoms with E-state index in [-0.39, 0.29) is 11.9 Å². The van der Waals surface area contributed by atoms with Crippen LogP contribution in [0.5, 0.6) is 0 Å². The van der Waals surface area contributed by atoms with Crippen LogP contribution in [0.15, 0.2) is 67.0 Å². The van der Waals surface area contributed by atoms with Crippen molar-refractivity contribution < 1.29 is 4.79 Å². The number of nitrogens with zero attached hydrogens (tertiary/aromatic N) is 3. The summed E-state index contributed by atoms with van der Waals surface area (Å²) in [6.07, 6.45) is 1.60. The zero-order chi connectivity index (χ0) is 16.4. The van der Waals surface area contributed by atoms with Gasteiger partial charge in [0.25, 0.3) is 5.91 Å². The van der Waals surface area contributed by atoms with E-state index in [4.69, 9.17) is 0 Å². The van der Waals surface area contributed by atoms with E-state index < -0.39 is 0 Å². The number of rotatable bonds is 4. The predicted molar refractivity (Wildman–Crippen MR) is 91.8 cm³/mol. The molecule has 2 heterocycles. The van der Waals surface area contributed by atoms with E-state index in [9.17, 15) is 4.79 Å². The second-order valence-electron chi connectivity index (χ2n) is 5.48. The van der Waals surface area contributed by atoms with Crippen LogP contribution in [-0.4, -0.2) is 25.7 Å². The Kier molecular flexibility index (Phi) is 3.55. The number of carbonyl (C=O) groups excluding carboxylic acids is 1. The highest BCUT2D eigenvalue weighted by atomic mass is 16.2. The van der Waals surface area contributed by atoms with Gasteiger partial charge in [0.1, 0.15) is 12.0 Å². The Balaban J connectivity index is 1.48. The number of aromatic amines is 1. The molecular formula is C18H15N5O. The highest BCUT2D eigenvalue weighted by molar-refractivity contribution is 6.05. The molecule has 118 valence electrons. The van der Waals surface area contributed by atoms with Crippen molar-refractivity contribution in [2.24, 2.45) is 0 Å². The molecule has 2 aromatic heterocycles. The first-order chi connectivity index (χ1) is 11.8. The van der Waals surface area contributed by atoms with E-state index in [0.29, 0.717) is 12.2 Å². The summed E-state index contributed by atoms with van der Waals surface area (Å²) in [6, 6.07) is 19.5. The van der Waals surface area contributed by atoms with Crippen LogP contribution >= 0.6 is 0 Å². The zero-order valence-corrected chi connectivity index (χ0v) is 12.8. The Morgan fingerprint density at radius 3 is 2.71 bits per heavy atom. The molecule has 0 aliphatic rings. The summed E-state index contributed by atoms with van der Waals surface area (Å²) in [5.74, 6) is 0.0262. The molecule has 0 spiro atoms. The molecule has 0 atom stereocenters. The summed E-state index contributed by atoms with van der Waals surface area (Å²) in [6.45, 7) is 0.607. The molecular weight excluding hydrogens is 302 g/mol. The van der Waals surface area contributed by atoms with Crippen molar-refractivity contribution in [1.29, 1.82) is 0 Å². The van der Waals surface area contributed by atoms with Gasteiger partial charge in [0, 0.05) is 10.9 Å². The Labute approximate surface area is 138 Å². The van der Waals surface area contributed by atoms with E-state index in [1.54, 1.807) is 11.0 Å². The first kappa shape index (κ1) is 14.2. The second-order valence-corrected chi connectivity index (χ2v) is 5.48. The van der Waals surface area contributed by atoms with E-state index in [2.05, 4.69) is 20.4 Å². The number of hydrogen-bond acceptors (Lipinski definition) is 3. The monoisotopic (exact) mass is 317 g/mol. The molecule has 2 N–H and O–H groups in total. The molecule has 4 aromatic rings. The molecule has 0 radical (unpaired) electrons. The van der Waals surface area contributed by atoms with Gasteiger partial charge < -0.3 is 4.98 Å². The number of nitrogens with one attached hydrogen (secondary N) is 2. The van der Waals surface area contributed by atoms with Gasteiger partial charge in [-0.15, -0.1) is 5.10 Å². The Morgan fingerprint density at radius 2 is 1.88 bits per heavy atom. The Morgan fingerprint density at radius 1 is 1.08 bits per heavy atom. The third kappa shape index (κ3) is 2.89. The molecule has 1 amide bonds. The molecule has 0 fully saturated rings. The molecule has 0 aliphatic carbocycles. The average Bonchev–Trinajstić information content (AvgIpc) is 3.22. The van der Waals surface area contributed by atoms with E-state index in [1.807, 2.05) is 60.7 Å². The number of benzene rings is 2. The fraction of sp³-hybridized carbons (Fsp3) is 0.0556. The molecule has 0 saturated heterocycles. The number of H-pyrrole nitrogens is 1. The highest BCUT2D eigenvalue weighted by Gasteiger charge is 2.12. The minimum absolute atomic E-state index is 0.260. The highest BCUT2D eigenvalue weighted by Crippen LogP contribution is 2.15. The van der Waals surface area contributed by atoms with E-state index >= 15 is 0 Å². The first-order valence-corrected chi connectivity index (χ1v) is 7.60. The molecule has 6 heteroatoms. The fourth-order valence-electron chi connectivity index (χ4n) is 2.56. The lowest BCUT2D eigenvalue weighted by molar-refractivity contribution is 0.102. The number of hydrogen-bond donors (Lipinski definition) is 2. The van der Waals surface area contributed by atoms with Gasteiger partial charge >= 0.3 is 0 Å². The van der Waals surface area contributed by atoms with Gasteiger partial charge in [0.2, 0.25) is 5.95 Å². The smallest absolute Gasteiger partial charge is 0.274 e. The van der Waals surface area contributed by atoms with Crippen LogP contribution in [0.2, 0.25) is 0 Å². The topological polar surface area (TPSA) is 75.6 Å². The van der Waals surface area contributed by atoms with Gasteiger partial charge in [-0.2, -0.15) is 0 Å². The van der Waals surface area contributed by atoms with E-state index in [0.717, 1.165) is 16.5 Å². The first-order valence-electron chi connectivity index (χ1n) is 7.60. The lowest BCUT2D eigenvalue weighted by atomic mass is 10.2. The van der Waals surface area contributed by atoms with Crippen molar-refractivity contribution in [2.75, 3.05) is 5.32 Å². The second kappa shape index (κ2) is 6.00. The largest absolute Gasteiger partial charge is 0.351 e. The van der Waals surface area contributed by atoms with Crippen molar-refractivity contribution in [3.63, 3.8) is 0 Å². The van der Waals surface area contributed by atoms with Crippen molar-refractivity contribution >= 4 is 22.8 Å².